The molecule has 10 heteroatoms. The Hall–Kier alpha value is -4.60. The van der Waals surface area contributed by atoms with Crippen LogP contribution in [0.1, 0.15) is 46.8 Å². The van der Waals surface area contributed by atoms with Gasteiger partial charge in [-0.3, -0.25) is 9.59 Å². The van der Waals surface area contributed by atoms with Crippen molar-refractivity contribution in [3.63, 3.8) is 0 Å². The molecule has 0 unspecified atom stereocenters. The van der Waals surface area contributed by atoms with E-state index in [9.17, 15) is 22.8 Å². The first-order chi connectivity index (χ1) is 19.3. The second kappa shape index (κ2) is 10.2. The minimum atomic E-state index is -2.74. The summed E-state index contributed by atoms with van der Waals surface area (Å²) in [6, 6.07) is 17.7. The number of rotatable bonds is 8. The number of anilines is 3. The highest BCUT2D eigenvalue weighted by Crippen LogP contribution is 2.46. The quantitative estimate of drug-likeness (QED) is 0.213. The molecule has 1 spiro atoms. The van der Waals surface area contributed by atoms with Crippen LogP contribution in [0, 0.1) is 5.82 Å². The van der Waals surface area contributed by atoms with Gasteiger partial charge >= 0.3 is 0 Å². The van der Waals surface area contributed by atoms with E-state index >= 15 is 0 Å². The van der Waals surface area contributed by atoms with Gasteiger partial charge in [-0.2, -0.15) is 0 Å². The van der Waals surface area contributed by atoms with E-state index in [0.29, 0.717) is 28.9 Å². The molecule has 204 valence electrons. The third-order valence-corrected chi connectivity index (χ3v) is 7.40. The lowest BCUT2D eigenvalue weighted by atomic mass is 9.95. The number of pyridine rings is 1. The number of nitrogens with zero attached hydrogens (tertiary/aromatic N) is 1. The Labute approximate surface area is 228 Å². The predicted octanol–water partition coefficient (Wildman–Crippen LogP) is 6.16. The van der Waals surface area contributed by atoms with Gasteiger partial charge in [0.05, 0.1) is 22.9 Å². The number of aromatic amines is 1. The lowest BCUT2D eigenvalue weighted by Gasteiger charge is -2.23. The second-order valence-corrected chi connectivity index (χ2v) is 10.3. The molecule has 0 bridgehead atoms. The van der Waals surface area contributed by atoms with E-state index in [2.05, 4.69) is 25.9 Å². The maximum absolute atomic E-state index is 13.4. The van der Waals surface area contributed by atoms with E-state index in [1.807, 2.05) is 30.3 Å². The highest BCUT2D eigenvalue weighted by atomic mass is 19.3. The molecule has 1 atom stereocenters. The van der Waals surface area contributed by atoms with Gasteiger partial charge in [-0.25, -0.2) is 18.2 Å². The fourth-order valence-corrected chi connectivity index (χ4v) is 5.22. The molecule has 2 aromatic carbocycles. The van der Waals surface area contributed by atoms with Crippen molar-refractivity contribution < 1.29 is 22.8 Å². The topological polar surface area (TPSA) is 98.9 Å². The number of aromatic nitrogens is 2. The number of carbonyl (C=O) groups excluding carboxylic acids is 2. The van der Waals surface area contributed by atoms with Crippen molar-refractivity contribution in [3.8, 4) is 11.3 Å². The highest BCUT2D eigenvalue weighted by Gasteiger charge is 2.49. The van der Waals surface area contributed by atoms with E-state index < -0.39 is 30.5 Å². The van der Waals surface area contributed by atoms with Crippen LogP contribution in [0.3, 0.4) is 0 Å². The first-order valence-electron chi connectivity index (χ1n) is 13.0. The summed E-state index contributed by atoms with van der Waals surface area (Å²) in [4.78, 5) is 34.0. The van der Waals surface area contributed by atoms with Crippen LogP contribution in [-0.4, -0.2) is 33.7 Å². The van der Waals surface area contributed by atoms with Crippen molar-refractivity contribution in [2.45, 2.75) is 43.6 Å². The van der Waals surface area contributed by atoms with Gasteiger partial charge in [-0.1, -0.05) is 30.3 Å². The van der Waals surface area contributed by atoms with Crippen molar-refractivity contribution in [3.05, 3.63) is 95.6 Å². The lowest BCUT2D eigenvalue weighted by molar-refractivity contribution is -0.118. The summed E-state index contributed by atoms with van der Waals surface area (Å²) < 4.78 is 40.1. The van der Waals surface area contributed by atoms with Crippen molar-refractivity contribution in [1.29, 1.82) is 0 Å². The zero-order chi connectivity index (χ0) is 27.9. The Morgan fingerprint density at radius 3 is 2.50 bits per heavy atom. The fraction of sp³-hybridized carbons (Fsp3) is 0.233. The number of carbonyl (C=O) groups is 2. The fourth-order valence-electron chi connectivity index (χ4n) is 5.22. The maximum atomic E-state index is 13.4. The van der Waals surface area contributed by atoms with Gasteiger partial charge in [0.15, 0.2) is 0 Å². The van der Waals surface area contributed by atoms with Crippen molar-refractivity contribution in [2.75, 3.05) is 10.6 Å². The minimum absolute atomic E-state index is 0.156. The van der Waals surface area contributed by atoms with Gasteiger partial charge < -0.3 is 20.9 Å². The summed E-state index contributed by atoms with van der Waals surface area (Å²) in [5.74, 6) is -2.40. The van der Waals surface area contributed by atoms with Crippen LogP contribution in [0.25, 0.3) is 11.3 Å². The Kier molecular flexibility index (Phi) is 6.53. The molecule has 3 heterocycles. The Morgan fingerprint density at radius 2 is 1.80 bits per heavy atom. The summed E-state index contributed by atoms with van der Waals surface area (Å²) in [6.45, 7) is 0. The molecular weight excluding hydrogens is 519 g/mol. The third kappa shape index (κ3) is 5.16. The normalized spacial score (nSPS) is 15.8. The Bertz CT molecular complexity index is 1570. The number of amides is 2. The Balaban J connectivity index is 1.33. The molecule has 0 saturated heterocycles. The SMILES string of the molecule is O=C1NC2(CC2)Cc2[nH]c(-c3ccnc(NC(=O)[C@H](CC(F)F)c4ccc(F)cc4)c3)c(Nc3ccccc3)c21. The molecule has 7 nitrogen and oxygen atoms in total. The van der Waals surface area contributed by atoms with Crippen LogP contribution >= 0.6 is 0 Å². The van der Waals surface area contributed by atoms with Gasteiger partial charge in [-0.05, 0) is 54.8 Å². The minimum Gasteiger partial charge on any atom is -0.356 e. The number of fused-ring (bicyclic) bond motifs is 1. The van der Waals surface area contributed by atoms with E-state index in [0.717, 1.165) is 36.4 Å². The smallest absolute Gasteiger partial charge is 0.255 e. The van der Waals surface area contributed by atoms with Gasteiger partial charge in [0, 0.05) is 41.5 Å². The monoisotopic (exact) mass is 545 g/mol. The van der Waals surface area contributed by atoms with Gasteiger partial charge in [-0.15, -0.1) is 0 Å². The number of para-hydroxylation sites is 1. The van der Waals surface area contributed by atoms with Crippen molar-refractivity contribution in [2.24, 2.45) is 0 Å². The summed E-state index contributed by atoms with van der Waals surface area (Å²) in [5, 5.41) is 9.16. The van der Waals surface area contributed by atoms with Crippen LogP contribution in [0.4, 0.5) is 30.4 Å². The van der Waals surface area contributed by atoms with Crippen LogP contribution in [-0.2, 0) is 11.2 Å². The number of hydrogen-bond donors (Lipinski definition) is 4. The largest absolute Gasteiger partial charge is 0.356 e. The summed E-state index contributed by atoms with van der Waals surface area (Å²) >= 11 is 0. The summed E-state index contributed by atoms with van der Waals surface area (Å²) in [5.41, 5.74) is 4.11. The van der Waals surface area contributed by atoms with Crippen LogP contribution in [0.2, 0.25) is 0 Å². The molecule has 1 fully saturated rings. The average Bonchev–Trinajstić information content (AvgIpc) is 3.57. The van der Waals surface area contributed by atoms with Crippen LogP contribution < -0.4 is 16.0 Å². The standard InChI is InChI=1S/C30H26F3N5O2/c31-19-8-6-17(7-9-19)21(15-23(32)33)28(39)37-24-14-18(10-13-34-24)26-27(35-20-4-2-1-3-5-20)25-22(36-26)16-30(11-12-30)38-29(25)40/h1-10,13-14,21,23,35-36H,11-12,15-16H2,(H,38,40)(H,34,37,39)/t21-/m1/s1. The number of halogens is 3. The summed E-state index contributed by atoms with van der Waals surface area (Å²) in [7, 11) is 0. The third-order valence-electron chi connectivity index (χ3n) is 7.40. The van der Waals surface area contributed by atoms with Crippen molar-refractivity contribution in [1.82, 2.24) is 15.3 Å². The number of benzene rings is 2. The van der Waals surface area contributed by atoms with Crippen molar-refractivity contribution >= 4 is 29.0 Å². The molecule has 2 aliphatic rings. The number of alkyl halides is 2. The molecular formula is C30H26F3N5O2. The van der Waals surface area contributed by atoms with Crippen LogP contribution in [0.15, 0.2) is 72.9 Å². The maximum Gasteiger partial charge on any atom is 0.255 e. The van der Waals surface area contributed by atoms with E-state index in [1.165, 1.54) is 18.3 Å². The molecule has 1 aliphatic carbocycles. The number of hydrogen-bond acceptors (Lipinski definition) is 4. The second-order valence-electron chi connectivity index (χ2n) is 10.3. The molecule has 40 heavy (non-hydrogen) atoms. The number of nitrogens with one attached hydrogen (secondary N) is 4. The first kappa shape index (κ1) is 25.7. The van der Waals surface area contributed by atoms with Gasteiger partial charge in [0.1, 0.15) is 11.6 Å². The molecule has 4 aromatic rings. The molecule has 6 rings (SSSR count). The number of H-pyrrole nitrogens is 1. The van der Waals surface area contributed by atoms with E-state index in [-0.39, 0.29) is 22.8 Å². The Morgan fingerprint density at radius 1 is 1.05 bits per heavy atom. The van der Waals surface area contributed by atoms with Crippen LogP contribution in [0.5, 0.6) is 0 Å². The molecule has 1 aliphatic heterocycles. The zero-order valence-corrected chi connectivity index (χ0v) is 21.3. The molecule has 2 amide bonds. The molecule has 0 radical (unpaired) electrons. The highest BCUT2D eigenvalue weighted by molar-refractivity contribution is 6.07. The van der Waals surface area contributed by atoms with Gasteiger partial charge in [0.2, 0.25) is 12.3 Å². The van der Waals surface area contributed by atoms with Gasteiger partial charge in [0.25, 0.3) is 5.91 Å². The molecule has 2 aromatic heterocycles. The first-order valence-corrected chi connectivity index (χ1v) is 13.0. The van der Waals surface area contributed by atoms with E-state index in [4.69, 9.17) is 0 Å². The molecule has 4 N–H and O–H groups in total. The summed E-state index contributed by atoms with van der Waals surface area (Å²) in [6.07, 6.45) is 0.569. The molecule has 1 saturated carbocycles. The zero-order valence-electron chi connectivity index (χ0n) is 21.3. The average molecular weight is 546 g/mol. The predicted molar refractivity (Wildman–Crippen MR) is 145 cm³/mol. The van der Waals surface area contributed by atoms with E-state index in [1.54, 1.807) is 12.1 Å². The lowest BCUT2D eigenvalue weighted by Crippen LogP contribution is -2.43.